The monoisotopic (exact) mass is 481 g/mol. The lowest BCUT2D eigenvalue weighted by molar-refractivity contribution is 0.174. The Morgan fingerprint density at radius 1 is 1.12 bits per heavy atom. The highest BCUT2D eigenvalue weighted by Gasteiger charge is 2.35. The second-order valence-corrected chi connectivity index (χ2v) is 8.58. The van der Waals surface area contributed by atoms with E-state index in [0.29, 0.717) is 38.6 Å². The van der Waals surface area contributed by atoms with Crippen LogP contribution < -0.4 is 25.5 Å². The number of rotatable bonds is 3. The fourth-order valence-corrected chi connectivity index (χ4v) is 4.67. The second-order valence-electron chi connectivity index (χ2n) is 7.73. The number of nitrogens with zero attached hydrogens (tertiary/aromatic N) is 2. The third-order valence-corrected chi connectivity index (χ3v) is 6.30. The van der Waals surface area contributed by atoms with Crippen LogP contribution in [0.25, 0.3) is 0 Å². The zero-order valence-corrected chi connectivity index (χ0v) is 18.9. The maximum Gasteiger partial charge on any atom is 0.259 e. The number of benzene rings is 2. The number of aromatic nitrogens is 1. The second kappa shape index (κ2) is 8.07. The number of ether oxygens (including phenoxy) is 3. The van der Waals surface area contributed by atoms with Crippen LogP contribution in [0.1, 0.15) is 28.3 Å². The van der Waals surface area contributed by atoms with Crippen molar-refractivity contribution < 1.29 is 14.2 Å². The maximum atomic E-state index is 13.8. The van der Waals surface area contributed by atoms with Crippen molar-refractivity contribution in [2.45, 2.75) is 19.4 Å². The fraction of sp³-hybridized carbons (Fsp3) is 0.167. The summed E-state index contributed by atoms with van der Waals surface area (Å²) < 4.78 is 18.1. The molecule has 0 spiro atoms. The average Bonchev–Trinajstić information content (AvgIpc) is 3.24. The van der Waals surface area contributed by atoms with Crippen LogP contribution in [0.5, 0.6) is 17.2 Å². The molecule has 0 fully saturated rings. The number of fused-ring (bicyclic) bond motifs is 2. The zero-order chi connectivity index (χ0) is 23.3. The smallest absolute Gasteiger partial charge is 0.259 e. The minimum absolute atomic E-state index is 0.0617. The van der Waals surface area contributed by atoms with E-state index in [0.717, 1.165) is 5.56 Å². The molecule has 0 saturated heterocycles. The molecule has 7 nitrogen and oxygen atoms in total. The summed E-state index contributed by atoms with van der Waals surface area (Å²) in [6.07, 6.45) is 0. The van der Waals surface area contributed by atoms with Gasteiger partial charge in [-0.1, -0.05) is 35.3 Å². The van der Waals surface area contributed by atoms with Crippen LogP contribution >= 0.6 is 23.2 Å². The fourth-order valence-electron chi connectivity index (χ4n) is 4.15. The van der Waals surface area contributed by atoms with Gasteiger partial charge in [0.15, 0.2) is 11.5 Å². The molecule has 3 heterocycles. The molecule has 2 N–H and O–H groups in total. The summed E-state index contributed by atoms with van der Waals surface area (Å²) in [5, 5.41) is 10.6. The zero-order valence-electron chi connectivity index (χ0n) is 17.4. The standard InChI is InChI=1S/C24H17Cl2N3O4/c1-12-6-20-22(24(30)29(12)10-13-2-5-18-19(7-13)32-11-31-18)21(16(9-27)23(28)33-20)15-4-3-14(25)8-17(15)26/h2-8,21H,10-11,28H2,1H3. The first-order valence-electron chi connectivity index (χ1n) is 10.0. The third-order valence-electron chi connectivity index (χ3n) is 5.74. The first-order valence-corrected chi connectivity index (χ1v) is 10.8. The van der Waals surface area contributed by atoms with E-state index in [1.807, 2.05) is 25.1 Å². The van der Waals surface area contributed by atoms with Gasteiger partial charge in [0.2, 0.25) is 12.7 Å². The van der Waals surface area contributed by atoms with Gasteiger partial charge in [-0.25, -0.2) is 0 Å². The Hall–Kier alpha value is -3.60. The largest absolute Gasteiger partial charge is 0.454 e. The SMILES string of the molecule is Cc1cc2c(c(=O)n1Cc1ccc3c(c1)OCO3)C(c1ccc(Cl)cc1Cl)C(C#N)=C(N)O2. The summed E-state index contributed by atoms with van der Waals surface area (Å²) in [6, 6.07) is 14.3. The van der Waals surface area contributed by atoms with Crippen molar-refractivity contribution in [1.29, 1.82) is 5.26 Å². The molecule has 0 radical (unpaired) electrons. The summed E-state index contributed by atoms with van der Waals surface area (Å²) in [7, 11) is 0. The lowest BCUT2D eigenvalue weighted by Gasteiger charge is -2.28. The maximum absolute atomic E-state index is 13.8. The van der Waals surface area contributed by atoms with Gasteiger partial charge in [-0.05, 0) is 42.3 Å². The van der Waals surface area contributed by atoms with Gasteiger partial charge in [0.05, 0.1) is 18.0 Å². The molecule has 2 aliphatic heterocycles. The summed E-state index contributed by atoms with van der Waals surface area (Å²) >= 11 is 12.5. The van der Waals surface area contributed by atoms with Crippen molar-refractivity contribution in [3.05, 3.63) is 96.7 Å². The van der Waals surface area contributed by atoms with Crippen molar-refractivity contribution in [2.75, 3.05) is 6.79 Å². The highest BCUT2D eigenvalue weighted by atomic mass is 35.5. The Balaban J connectivity index is 1.67. The van der Waals surface area contributed by atoms with Crippen LogP contribution in [0.2, 0.25) is 10.0 Å². The van der Waals surface area contributed by atoms with Crippen LogP contribution in [0.15, 0.2) is 58.7 Å². The number of hydrogen-bond donors (Lipinski definition) is 1. The van der Waals surface area contributed by atoms with E-state index in [1.165, 1.54) is 0 Å². The van der Waals surface area contributed by atoms with Gasteiger partial charge < -0.3 is 24.5 Å². The van der Waals surface area contributed by atoms with Crippen LogP contribution in [0, 0.1) is 18.3 Å². The van der Waals surface area contributed by atoms with Gasteiger partial charge in [-0.2, -0.15) is 5.26 Å². The Kier molecular flexibility index (Phi) is 5.20. The first-order chi connectivity index (χ1) is 15.9. The van der Waals surface area contributed by atoms with Gasteiger partial charge in [0.25, 0.3) is 5.56 Å². The van der Waals surface area contributed by atoms with Crippen LogP contribution in [-0.2, 0) is 6.54 Å². The van der Waals surface area contributed by atoms with E-state index >= 15 is 0 Å². The van der Waals surface area contributed by atoms with Gasteiger partial charge in [-0.15, -0.1) is 0 Å². The molecule has 166 valence electrons. The molecule has 1 atom stereocenters. The number of allylic oxidation sites excluding steroid dienone is 1. The quantitative estimate of drug-likeness (QED) is 0.592. The van der Waals surface area contributed by atoms with Gasteiger partial charge in [0.1, 0.15) is 17.4 Å². The summed E-state index contributed by atoms with van der Waals surface area (Å²) in [4.78, 5) is 13.8. The van der Waals surface area contributed by atoms with E-state index in [1.54, 1.807) is 28.8 Å². The molecule has 9 heteroatoms. The molecule has 0 bridgehead atoms. The molecule has 0 amide bonds. The van der Waals surface area contributed by atoms with Crippen LogP contribution in [0.4, 0.5) is 0 Å². The first kappa shape index (κ1) is 21.3. The van der Waals surface area contributed by atoms with E-state index in [4.69, 9.17) is 43.1 Å². The molecule has 1 unspecified atom stereocenters. The molecule has 5 rings (SSSR count). The highest BCUT2D eigenvalue weighted by molar-refractivity contribution is 6.35. The Bertz CT molecular complexity index is 1440. The molecule has 1 aromatic heterocycles. The van der Waals surface area contributed by atoms with Crippen molar-refractivity contribution in [1.82, 2.24) is 4.57 Å². The number of nitriles is 1. The predicted octanol–water partition coefficient (Wildman–Crippen LogP) is 4.46. The van der Waals surface area contributed by atoms with Crippen molar-refractivity contribution in [3.63, 3.8) is 0 Å². The minimum atomic E-state index is -0.792. The van der Waals surface area contributed by atoms with E-state index in [9.17, 15) is 10.1 Å². The molecular formula is C24H17Cl2N3O4. The van der Waals surface area contributed by atoms with Gasteiger partial charge in [0, 0.05) is 21.8 Å². The number of hydrogen-bond acceptors (Lipinski definition) is 6. The Labute approximate surface area is 199 Å². The van der Waals surface area contributed by atoms with Crippen molar-refractivity contribution in [2.24, 2.45) is 5.73 Å². The molecule has 0 aliphatic carbocycles. The molecule has 2 aliphatic rings. The normalized spacial score (nSPS) is 16.2. The summed E-state index contributed by atoms with van der Waals surface area (Å²) in [5.74, 6) is 0.742. The average molecular weight is 482 g/mol. The Morgan fingerprint density at radius 2 is 1.91 bits per heavy atom. The summed E-state index contributed by atoms with van der Waals surface area (Å²) in [6.45, 7) is 2.26. The van der Waals surface area contributed by atoms with Gasteiger partial charge in [-0.3, -0.25) is 4.79 Å². The number of pyridine rings is 1. The summed E-state index contributed by atoms with van der Waals surface area (Å²) in [5.41, 5.74) is 8.23. The lowest BCUT2D eigenvalue weighted by Crippen LogP contribution is -2.33. The van der Waals surface area contributed by atoms with Gasteiger partial charge >= 0.3 is 0 Å². The van der Waals surface area contributed by atoms with Crippen molar-refractivity contribution in [3.8, 4) is 23.3 Å². The van der Waals surface area contributed by atoms with E-state index < -0.39 is 5.92 Å². The van der Waals surface area contributed by atoms with E-state index in [-0.39, 0.29) is 35.9 Å². The lowest BCUT2D eigenvalue weighted by atomic mass is 9.84. The minimum Gasteiger partial charge on any atom is -0.454 e. The number of halogens is 2. The molecule has 3 aromatic rings. The molecule has 33 heavy (non-hydrogen) atoms. The molecule has 0 saturated carbocycles. The van der Waals surface area contributed by atoms with E-state index in [2.05, 4.69) is 6.07 Å². The molecule has 2 aromatic carbocycles. The number of nitrogens with two attached hydrogens (primary N) is 1. The predicted molar refractivity (Wildman–Crippen MR) is 123 cm³/mol. The Morgan fingerprint density at radius 3 is 2.67 bits per heavy atom. The van der Waals surface area contributed by atoms with Crippen molar-refractivity contribution >= 4 is 23.2 Å². The van der Waals surface area contributed by atoms with Crippen LogP contribution in [0.3, 0.4) is 0 Å². The molecular weight excluding hydrogens is 465 g/mol. The van der Waals surface area contributed by atoms with Crippen LogP contribution in [-0.4, -0.2) is 11.4 Å². The highest BCUT2D eigenvalue weighted by Crippen LogP contribution is 2.43. The third kappa shape index (κ3) is 3.58. The topological polar surface area (TPSA) is 99.5 Å². The number of aryl methyl sites for hydroxylation is 1.